The summed E-state index contributed by atoms with van der Waals surface area (Å²) in [6.07, 6.45) is 73.2. The summed E-state index contributed by atoms with van der Waals surface area (Å²) >= 11 is 0. The van der Waals surface area contributed by atoms with Crippen molar-refractivity contribution < 1.29 is 28.6 Å². The van der Waals surface area contributed by atoms with E-state index in [0.29, 0.717) is 19.3 Å². The van der Waals surface area contributed by atoms with Gasteiger partial charge in [-0.2, -0.15) is 0 Å². The second kappa shape index (κ2) is 57.4. The SMILES string of the molecule is CC/C=C\C/C=C\C/C=C\C/C=C\CCCCCCCCCCCCC(=O)OCC(COC(=O)CCCCCCCCCCCCCCC)OC(=O)CCCCCCC/C=C\C/C=C\CCCCC. The van der Waals surface area contributed by atoms with Crippen molar-refractivity contribution in [3.05, 3.63) is 72.9 Å². The van der Waals surface area contributed by atoms with Gasteiger partial charge in [0.1, 0.15) is 13.2 Å². The molecule has 0 aliphatic heterocycles. The van der Waals surface area contributed by atoms with Crippen molar-refractivity contribution in [1.82, 2.24) is 0 Å². The molecule has 69 heavy (non-hydrogen) atoms. The van der Waals surface area contributed by atoms with Crippen LogP contribution in [-0.2, 0) is 28.6 Å². The average molecular weight is 964 g/mol. The molecular formula is C63H110O6. The molecular weight excluding hydrogens is 853 g/mol. The maximum absolute atomic E-state index is 12.8. The molecule has 398 valence electrons. The Labute approximate surface area is 427 Å². The minimum Gasteiger partial charge on any atom is -0.462 e. The quantitative estimate of drug-likeness (QED) is 0.0262. The fourth-order valence-electron chi connectivity index (χ4n) is 8.29. The summed E-state index contributed by atoms with van der Waals surface area (Å²) in [6.45, 7) is 6.51. The number of ether oxygens (including phenoxy) is 3. The van der Waals surface area contributed by atoms with Crippen LogP contribution in [0.5, 0.6) is 0 Å². The molecule has 0 heterocycles. The van der Waals surface area contributed by atoms with Gasteiger partial charge >= 0.3 is 17.9 Å². The smallest absolute Gasteiger partial charge is 0.306 e. The lowest BCUT2D eigenvalue weighted by molar-refractivity contribution is -0.167. The molecule has 0 bridgehead atoms. The zero-order chi connectivity index (χ0) is 50.0. The van der Waals surface area contributed by atoms with Gasteiger partial charge in [-0.1, -0.05) is 254 Å². The molecule has 1 unspecified atom stereocenters. The molecule has 1 atom stereocenters. The van der Waals surface area contributed by atoms with E-state index in [9.17, 15) is 14.4 Å². The zero-order valence-corrected chi connectivity index (χ0v) is 45.6. The van der Waals surface area contributed by atoms with Gasteiger partial charge in [0.2, 0.25) is 0 Å². The fourth-order valence-corrected chi connectivity index (χ4v) is 8.29. The number of carbonyl (C=O) groups is 3. The number of unbranched alkanes of at least 4 members (excludes halogenated alkanes) is 30. The maximum Gasteiger partial charge on any atom is 0.306 e. The molecule has 0 amide bonds. The summed E-state index contributed by atoms with van der Waals surface area (Å²) in [5, 5.41) is 0. The largest absolute Gasteiger partial charge is 0.462 e. The lowest BCUT2D eigenvalue weighted by Gasteiger charge is -2.18. The third-order valence-corrected chi connectivity index (χ3v) is 12.7. The minimum atomic E-state index is -0.783. The molecule has 0 aromatic rings. The van der Waals surface area contributed by atoms with Crippen LogP contribution < -0.4 is 0 Å². The predicted octanol–water partition coefficient (Wildman–Crippen LogP) is 19.8. The van der Waals surface area contributed by atoms with Gasteiger partial charge in [0.15, 0.2) is 6.10 Å². The van der Waals surface area contributed by atoms with Gasteiger partial charge in [-0.05, 0) is 89.9 Å². The summed E-state index contributed by atoms with van der Waals surface area (Å²) in [5.41, 5.74) is 0. The first kappa shape index (κ1) is 65.8. The molecule has 0 spiro atoms. The van der Waals surface area contributed by atoms with Gasteiger partial charge in [0.05, 0.1) is 0 Å². The monoisotopic (exact) mass is 963 g/mol. The van der Waals surface area contributed by atoms with Crippen LogP contribution >= 0.6 is 0 Å². The second-order valence-electron chi connectivity index (χ2n) is 19.5. The van der Waals surface area contributed by atoms with E-state index in [1.807, 2.05) is 0 Å². The lowest BCUT2D eigenvalue weighted by Crippen LogP contribution is -2.30. The van der Waals surface area contributed by atoms with Crippen molar-refractivity contribution in [3.8, 4) is 0 Å². The number of hydrogen-bond donors (Lipinski definition) is 0. The van der Waals surface area contributed by atoms with E-state index in [-0.39, 0.29) is 31.1 Å². The Balaban J connectivity index is 4.33. The predicted molar refractivity (Wildman–Crippen MR) is 298 cm³/mol. The average Bonchev–Trinajstić information content (AvgIpc) is 3.35. The van der Waals surface area contributed by atoms with E-state index >= 15 is 0 Å². The van der Waals surface area contributed by atoms with E-state index in [1.54, 1.807) is 0 Å². The Morgan fingerprint density at radius 1 is 0.304 bits per heavy atom. The van der Waals surface area contributed by atoms with Gasteiger partial charge in [-0.25, -0.2) is 0 Å². The van der Waals surface area contributed by atoms with Crippen molar-refractivity contribution in [2.45, 2.75) is 297 Å². The molecule has 0 radical (unpaired) electrons. The van der Waals surface area contributed by atoms with Crippen molar-refractivity contribution >= 4 is 17.9 Å². The molecule has 0 aliphatic rings. The van der Waals surface area contributed by atoms with Crippen LogP contribution in [0.4, 0.5) is 0 Å². The van der Waals surface area contributed by atoms with Gasteiger partial charge < -0.3 is 14.2 Å². The first-order valence-electron chi connectivity index (χ1n) is 29.4. The summed E-state index contributed by atoms with van der Waals surface area (Å²) in [5.74, 6) is -0.888. The van der Waals surface area contributed by atoms with E-state index in [1.165, 1.54) is 141 Å². The van der Waals surface area contributed by atoms with Crippen molar-refractivity contribution in [3.63, 3.8) is 0 Å². The molecule has 0 aromatic heterocycles. The molecule has 0 N–H and O–H groups in total. The van der Waals surface area contributed by atoms with Crippen LogP contribution in [0.15, 0.2) is 72.9 Å². The van der Waals surface area contributed by atoms with Crippen LogP contribution in [0.3, 0.4) is 0 Å². The first-order valence-corrected chi connectivity index (χ1v) is 29.4. The van der Waals surface area contributed by atoms with Gasteiger partial charge in [0.25, 0.3) is 0 Å². The van der Waals surface area contributed by atoms with Gasteiger partial charge in [0, 0.05) is 19.3 Å². The highest BCUT2D eigenvalue weighted by Gasteiger charge is 2.19. The van der Waals surface area contributed by atoms with Crippen molar-refractivity contribution in [2.24, 2.45) is 0 Å². The third-order valence-electron chi connectivity index (χ3n) is 12.7. The molecule has 6 heteroatoms. The highest BCUT2D eigenvalue weighted by molar-refractivity contribution is 5.71. The Hall–Kier alpha value is -3.15. The van der Waals surface area contributed by atoms with E-state index in [0.717, 1.165) is 109 Å². The molecule has 0 aliphatic carbocycles. The van der Waals surface area contributed by atoms with E-state index in [2.05, 4.69) is 93.7 Å². The summed E-state index contributed by atoms with van der Waals surface area (Å²) in [7, 11) is 0. The summed E-state index contributed by atoms with van der Waals surface area (Å²) in [4.78, 5) is 38.2. The van der Waals surface area contributed by atoms with Crippen LogP contribution in [0.2, 0.25) is 0 Å². The summed E-state index contributed by atoms with van der Waals surface area (Å²) in [6, 6.07) is 0. The number of esters is 3. The topological polar surface area (TPSA) is 78.9 Å². The minimum absolute atomic E-state index is 0.0796. The Morgan fingerprint density at radius 2 is 0.565 bits per heavy atom. The number of allylic oxidation sites excluding steroid dienone is 12. The highest BCUT2D eigenvalue weighted by atomic mass is 16.6. The van der Waals surface area contributed by atoms with E-state index < -0.39 is 6.10 Å². The van der Waals surface area contributed by atoms with Crippen LogP contribution in [0.1, 0.15) is 290 Å². The highest BCUT2D eigenvalue weighted by Crippen LogP contribution is 2.16. The molecule has 0 saturated carbocycles. The molecule has 0 aromatic carbocycles. The normalized spacial score (nSPS) is 12.6. The molecule has 0 rings (SSSR count). The number of hydrogen-bond acceptors (Lipinski definition) is 6. The van der Waals surface area contributed by atoms with Gasteiger partial charge in [-0.3, -0.25) is 14.4 Å². The van der Waals surface area contributed by atoms with Crippen LogP contribution in [-0.4, -0.2) is 37.2 Å². The van der Waals surface area contributed by atoms with Crippen molar-refractivity contribution in [2.75, 3.05) is 13.2 Å². The second-order valence-corrected chi connectivity index (χ2v) is 19.5. The van der Waals surface area contributed by atoms with Crippen LogP contribution in [0.25, 0.3) is 0 Å². The number of rotatable bonds is 53. The standard InChI is InChI=1S/C63H110O6/c1-4-7-10-13-16-19-22-25-27-28-29-30-31-32-33-34-36-38-41-44-47-50-53-56-62(65)68-59-60(58-67-61(64)55-52-49-46-43-40-37-24-21-18-15-12-9-6-3)69-63(66)57-54-51-48-45-42-39-35-26-23-20-17-14-11-8-5-2/h7,10,16-17,19-20,25-27,29-30,35,60H,4-6,8-9,11-15,18,21-24,28,31-34,36-59H2,1-3H3/b10-7-,19-16-,20-17-,27-25-,30-29-,35-26-. The maximum atomic E-state index is 12.8. The summed E-state index contributed by atoms with van der Waals surface area (Å²) < 4.78 is 16.9. The molecule has 6 nitrogen and oxygen atoms in total. The Morgan fingerprint density at radius 3 is 0.913 bits per heavy atom. The Kier molecular flexibility index (Phi) is 54.8. The first-order chi connectivity index (χ1) is 34.0. The Bertz CT molecular complexity index is 1290. The molecule has 0 fully saturated rings. The fraction of sp³-hybridized carbons (Fsp3) is 0.762. The zero-order valence-electron chi connectivity index (χ0n) is 45.6. The van der Waals surface area contributed by atoms with Gasteiger partial charge in [-0.15, -0.1) is 0 Å². The molecule has 0 saturated heterocycles. The lowest BCUT2D eigenvalue weighted by atomic mass is 10.0. The number of carbonyl (C=O) groups excluding carboxylic acids is 3. The third kappa shape index (κ3) is 55.6. The van der Waals surface area contributed by atoms with Crippen molar-refractivity contribution in [1.29, 1.82) is 0 Å². The van der Waals surface area contributed by atoms with Crippen LogP contribution in [0, 0.1) is 0 Å². The van der Waals surface area contributed by atoms with E-state index in [4.69, 9.17) is 14.2 Å².